The molecule has 0 fully saturated rings. The summed E-state index contributed by atoms with van der Waals surface area (Å²) < 4.78 is 0. The lowest BCUT2D eigenvalue weighted by Crippen LogP contribution is -2.15. The average molecular weight is 320 g/mol. The van der Waals surface area contributed by atoms with Crippen LogP contribution < -0.4 is 5.32 Å². The number of nitrogens with zero attached hydrogens (tertiary/aromatic N) is 1. The van der Waals surface area contributed by atoms with Crippen LogP contribution >= 0.6 is 35.7 Å². The molecule has 1 aromatic carbocycles. The summed E-state index contributed by atoms with van der Waals surface area (Å²) in [4.78, 5) is 4.55. The minimum Gasteiger partial charge on any atom is -0.362 e. The molecule has 1 aromatic rings. The Morgan fingerprint density at radius 1 is 1.36 bits per heavy atom. The van der Waals surface area contributed by atoms with Gasteiger partial charge in [-0.25, -0.2) is 0 Å². The van der Waals surface area contributed by atoms with Crippen LogP contribution in [0.4, 0.5) is 0 Å². The number of hydrogen-bond acceptors (Lipinski definition) is 3. The van der Waals surface area contributed by atoms with Crippen molar-refractivity contribution in [2.75, 3.05) is 12.8 Å². The first-order chi connectivity index (χ1) is 6.40. The Morgan fingerprint density at radius 2 is 2.07 bits per heavy atom. The number of rotatable bonds is 1. The van der Waals surface area contributed by atoms with Crippen molar-refractivity contribution < 1.29 is 0 Å². The molecule has 1 heterocycles. The molecule has 0 aromatic heterocycles. The fourth-order valence-electron chi connectivity index (χ4n) is 1.41. The molecule has 0 amide bonds. The third-order valence-electron chi connectivity index (χ3n) is 2.10. The van der Waals surface area contributed by atoms with Gasteiger partial charge in [0.25, 0.3) is 0 Å². The predicted octanol–water partition coefficient (Wildman–Crippen LogP) is 2.67. The fourth-order valence-corrected chi connectivity index (χ4v) is 1.87. The Morgan fingerprint density at radius 3 is 2.64 bits per heavy atom. The van der Waals surface area contributed by atoms with Crippen molar-refractivity contribution in [3.63, 3.8) is 0 Å². The molecule has 0 spiro atoms. The van der Waals surface area contributed by atoms with Crippen LogP contribution in [0.2, 0.25) is 0 Å². The maximum atomic E-state index is 4.55. The highest BCUT2D eigenvalue weighted by molar-refractivity contribution is 14.0. The molecule has 0 radical (unpaired) electrons. The smallest absolute Gasteiger partial charge is 0.157 e. The van der Waals surface area contributed by atoms with Crippen molar-refractivity contribution in [1.29, 1.82) is 0 Å². The van der Waals surface area contributed by atoms with Crippen molar-refractivity contribution in [3.05, 3.63) is 35.9 Å². The van der Waals surface area contributed by atoms with E-state index in [0.29, 0.717) is 6.04 Å². The molecule has 1 aliphatic heterocycles. The summed E-state index contributed by atoms with van der Waals surface area (Å²) in [5.74, 6) is 0. The lowest BCUT2D eigenvalue weighted by Gasteiger charge is -2.04. The molecular formula is C10H13IN2S. The zero-order chi connectivity index (χ0) is 9.10. The van der Waals surface area contributed by atoms with Crippen LogP contribution in [0, 0.1) is 0 Å². The number of halogens is 1. The summed E-state index contributed by atoms with van der Waals surface area (Å²) in [7, 11) is 0. The zero-order valence-electron chi connectivity index (χ0n) is 7.93. The Labute approximate surface area is 106 Å². The Hall–Kier alpha value is -0.230. The summed E-state index contributed by atoms with van der Waals surface area (Å²) in [5, 5.41) is 4.32. The molecule has 0 bridgehead atoms. The quantitative estimate of drug-likeness (QED) is 0.805. The molecule has 0 aliphatic carbocycles. The van der Waals surface area contributed by atoms with E-state index >= 15 is 0 Å². The monoisotopic (exact) mass is 320 g/mol. The SMILES string of the molecule is CSC1=NC(c2ccccc2)CN1.I. The lowest BCUT2D eigenvalue weighted by atomic mass is 10.1. The minimum absolute atomic E-state index is 0. The Bertz CT molecular complexity index is 313. The highest BCUT2D eigenvalue weighted by Gasteiger charge is 2.16. The number of nitrogens with one attached hydrogen (secondary N) is 1. The number of benzene rings is 1. The normalized spacial score (nSPS) is 19.5. The molecule has 0 saturated heterocycles. The summed E-state index contributed by atoms with van der Waals surface area (Å²) in [6.45, 7) is 0.931. The summed E-state index contributed by atoms with van der Waals surface area (Å²) >= 11 is 1.67. The third kappa shape index (κ3) is 2.63. The van der Waals surface area contributed by atoms with Crippen LogP contribution in [-0.4, -0.2) is 18.0 Å². The van der Waals surface area contributed by atoms with Crippen LogP contribution in [0.1, 0.15) is 11.6 Å². The van der Waals surface area contributed by atoms with Crippen LogP contribution in [0.25, 0.3) is 0 Å². The first-order valence-corrected chi connectivity index (χ1v) is 5.53. The van der Waals surface area contributed by atoms with Crippen molar-refractivity contribution in [2.24, 2.45) is 4.99 Å². The van der Waals surface area contributed by atoms with Crippen LogP contribution in [0.5, 0.6) is 0 Å². The molecule has 2 nitrogen and oxygen atoms in total. The Kier molecular flexibility index (Phi) is 4.74. The van der Waals surface area contributed by atoms with E-state index in [4.69, 9.17) is 0 Å². The molecular weight excluding hydrogens is 307 g/mol. The van der Waals surface area contributed by atoms with Gasteiger partial charge in [0.15, 0.2) is 5.17 Å². The van der Waals surface area contributed by atoms with E-state index in [2.05, 4.69) is 34.6 Å². The van der Waals surface area contributed by atoms with E-state index in [1.165, 1.54) is 5.56 Å². The summed E-state index contributed by atoms with van der Waals surface area (Å²) in [6.07, 6.45) is 2.04. The van der Waals surface area contributed by atoms with Crippen molar-refractivity contribution in [1.82, 2.24) is 5.32 Å². The van der Waals surface area contributed by atoms with Gasteiger partial charge in [-0.15, -0.1) is 24.0 Å². The van der Waals surface area contributed by atoms with Gasteiger partial charge in [0, 0.05) is 6.54 Å². The van der Waals surface area contributed by atoms with Gasteiger partial charge in [0.05, 0.1) is 6.04 Å². The van der Waals surface area contributed by atoms with E-state index in [1.54, 1.807) is 11.8 Å². The van der Waals surface area contributed by atoms with E-state index in [-0.39, 0.29) is 24.0 Å². The molecule has 0 saturated carbocycles. The van der Waals surface area contributed by atoms with Gasteiger partial charge in [-0.3, -0.25) is 4.99 Å². The van der Waals surface area contributed by atoms with E-state index in [9.17, 15) is 0 Å². The fraction of sp³-hybridized carbons (Fsp3) is 0.300. The van der Waals surface area contributed by atoms with Crippen molar-refractivity contribution in [3.8, 4) is 0 Å². The number of aliphatic imine (C=N–C) groups is 1. The summed E-state index contributed by atoms with van der Waals surface area (Å²) in [5.41, 5.74) is 1.29. The molecule has 14 heavy (non-hydrogen) atoms. The molecule has 4 heteroatoms. The molecule has 1 unspecified atom stereocenters. The zero-order valence-corrected chi connectivity index (χ0v) is 11.1. The van der Waals surface area contributed by atoms with Crippen molar-refractivity contribution >= 4 is 40.9 Å². The standard InChI is InChI=1S/C10H12N2S.HI/c1-13-10-11-7-9(12-10)8-5-3-2-4-6-8;/h2-6,9H,7H2,1H3,(H,11,12);1H. The maximum absolute atomic E-state index is 4.55. The van der Waals surface area contributed by atoms with Gasteiger partial charge in [-0.05, 0) is 11.8 Å². The average Bonchev–Trinajstić information content (AvgIpc) is 2.67. The van der Waals surface area contributed by atoms with E-state index in [0.717, 1.165) is 11.7 Å². The summed E-state index contributed by atoms with van der Waals surface area (Å²) in [6, 6.07) is 10.7. The molecule has 2 rings (SSSR count). The Balaban J connectivity index is 0.000000980. The maximum Gasteiger partial charge on any atom is 0.157 e. The van der Waals surface area contributed by atoms with Crippen molar-refractivity contribution in [2.45, 2.75) is 6.04 Å². The van der Waals surface area contributed by atoms with Crippen LogP contribution in [0.3, 0.4) is 0 Å². The lowest BCUT2D eigenvalue weighted by molar-refractivity contribution is 0.752. The second kappa shape index (κ2) is 5.60. The molecule has 1 N–H and O–H groups in total. The largest absolute Gasteiger partial charge is 0.362 e. The van der Waals surface area contributed by atoms with E-state index < -0.39 is 0 Å². The van der Waals surface area contributed by atoms with Crippen LogP contribution in [0.15, 0.2) is 35.3 Å². The molecule has 1 atom stereocenters. The second-order valence-electron chi connectivity index (χ2n) is 2.95. The highest BCUT2D eigenvalue weighted by atomic mass is 127. The molecule has 1 aliphatic rings. The third-order valence-corrected chi connectivity index (χ3v) is 2.73. The van der Waals surface area contributed by atoms with E-state index in [1.807, 2.05) is 12.3 Å². The topological polar surface area (TPSA) is 24.4 Å². The minimum atomic E-state index is 0. The first kappa shape index (κ1) is 11.8. The second-order valence-corrected chi connectivity index (χ2v) is 3.74. The molecule has 76 valence electrons. The number of hydrogen-bond donors (Lipinski definition) is 1. The number of amidine groups is 1. The predicted molar refractivity (Wildman–Crippen MR) is 73.6 cm³/mol. The van der Waals surface area contributed by atoms with Crippen LogP contribution in [-0.2, 0) is 0 Å². The van der Waals surface area contributed by atoms with Gasteiger partial charge < -0.3 is 5.32 Å². The van der Waals surface area contributed by atoms with Gasteiger partial charge in [0.1, 0.15) is 0 Å². The van der Waals surface area contributed by atoms with Gasteiger partial charge in [-0.2, -0.15) is 0 Å². The number of thioether (sulfide) groups is 1. The highest BCUT2D eigenvalue weighted by Crippen LogP contribution is 2.21. The first-order valence-electron chi connectivity index (χ1n) is 4.31. The van der Waals surface area contributed by atoms with Gasteiger partial charge in [-0.1, -0.05) is 42.1 Å². The van der Waals surface area contributed by atoms with Gasteiger partial charge in [0.2, 0.25) is 0 Å². The van der Waals surface area contributed by atoms with Gasteiger partial charge >= 0.3 is 0 Å².